The van der Waals surface area contributed by atoms with Gasteiger partial charge in [0.15, 0.2) is 17.3 Å². The van der Waals surface area contributed by atoms with Crippen molar-refractivity contribution in [3.63, 3.8) is 0 Å². The predicted molar refractivity (Wildman–Crippen MR) is 65.0 cm³/mol. The largest absolute Gasteiger partial charge is 0.493 e. The molecular formula is C12H15ClO4. The Labute approximate surface area is 105 Å². The number of carbonyl (C=O) groups excluding carboxylic acids is 1. The number of ether oxygens (including phenoxy) is 3. The van der Waals surface area contributed by atoms with Gasteiger partial charge >= 0.3 is 0 Å². The molecule has 0 bridgehead atoms. The highest BCUT2D eigenvalue weighted by atomic mass is 35.5. The number of hydrogen-bond acceptors (Lipinski definition) is 4. The molecule has 1 rings (SSSR count). The summed E-state index contributed by atoms with van der Waals surface area (Å²) in [6, 6.07) is 3.38. The second-order valence-corrected chi connectivity index (χ2v) is 3.81. The number of hydrogen-bond donors (Lipinski definition) is 0. The van der Waals surface area contributed by atoms with E-state index in [0.29, 0.717) is 22.1 Å². The molecule has 94 valence electrons. The zero-order valence-corrected chi connectivity index (χ0v) is 11.0. The minimum atomic E-state index is -0.692. The number of benzene rings is 1. The minimum absolute atomic E-state index is 0.124. The number of methoxy groups -OCH3 is 3. The first kappa shape index (κ1) is 13.8. The van der Waals surface area contributed by atoms with Crippen molar-refractivity contribution < 1.29 is 19.0 Å². The highest BCUT2D eigenvalue weighted by Gasteiger charge is 2.23. The molecule has 1 unspecified atom stereocenters. The van der Waals surface area contributed by atoms with Crippen molar-refractivity contribution >= 4 is 17.4 Å². The molecule has 0 fully saturated rings. The molecule has 0 aromatic heterocycles. The fraction of sp³-hybridized carbons (Fsp3) is 0.417. The summed E-state index contributed by atoms with van der Waals surface area (Å²) in [6.45, 7) is 1.45. The molecule has 1 atom stereocenters. The number of Topliss-reactive ketones (excluding diaryl/α,β-unsaturated/α-hetero) is 1. The van der Waals surface area contributed by atoms with E-state index in [1.807, 2.05) is 0 Å². The van der Waals surface area contributed by atoms with Crippen molar-refractivity contribution in [2.75, 3.05) is 21.3 Å². The highest BCUT2D eigenvalue weighted by Crippen LogP contribution is 2.40. The first-order valence-electron chi connectivity index (χ1n) is 5.00. The van der Waals surface area contributed by atoms with Gasteiger partial charge in [-0.2, -0.15) is 0 Å². The quantitative estimate of drug-likeness (QED) is 0.814. The van der Waals surface area contributed by atoms with E-state index in [2.05, 4.69) is 0 Å². The molecule has 0 amide bonds. The SMILES string of the molecule is COc1ccc(C(OC)C(C)=O)c(Cl)c1OC. The molecule has 0 N–H and O–H groups in total. The Morgan fingerprint density at radius 1 is 1.24 bits per heavy atom. The molecule has 1 aromatic rings. The van der Waals surface area contributed by atoms with Crippen LogP contribution in [0.15, 0.2) is 12.1 Å². The van der Waals surface area contributed by atoms with Gasteiger partial charge in [-0.05, 0) is 13.0 Å². The van der Waals surface area contributed by atoms with Gasteiger partial charge in [-0.15, -0.1) is 0 Å². The summed E-state index contributed by atoms with van der Waals surface area (Å²) >= 11 is 6.17. The zero-order valence-electron chi connectivity index (χ0n) is 10.2. The van der Waals surface area contributed by atoms with E-state index < -0.39 is 6.10 Å². The summed E-state index contributed by atoms with van der Waals surface area (Å²) in [4.78, 5) is 11.4. The summed E-state index contributed by atoms with van der Waals surface area (Å²) in [5, 5.41) is 0.328. The lowest BCUT2D eigenvalue weighted by atomic mass is 10.1. The molecular weight excluding hydrogens is 244 g/mol. The van der Waals surface area contributed by atoms with Crippen LogP contribution in [-0.4, -0.2) is 27.1 Å². The normalized spacial score (nSPS) is 12.1. The van der Waals surface area contributed by atoms with Crippen LogP contribution in [0, 0.1) is 0 Å². The third-order valence-electron chi connectivity index (χ3n) is 2.40. The van der Waals surface area contributed by atoms with E-state index in [1.54, 1.807) is 12.1 Å². The van der Waals surface area contributed by atoms with Crippen molar-refractivity contribution in [3.05, 3.63) is 22.7 Å². The topological polar surface area (TPSA) is 44.8 Å². The predicted octanol–water partition coefficient (Wildman–Crippen LogP) is 2.63. The maximum atomic E-state index is 11.4. The number of ketones is 1. The van der Waals surface area contributed by atoms with E-state index in [1.165, 1.54) is 28.3 Å². The van der Waals surface area contributed by atoms with Gasteiger partial charge in [-0.25, -0.2) is 0 Å². The van der Waals surface area contributed by atoms with Crippen molar-refractivity contribution in [3.8, 4) is 11.5 Å². The third kappa shape index (κ3) is 2.70. The van der Waals surface area contributed by atoms with E-state index >= 15 is 0 Å². The Kier molecular flexibility index (Phi) is 4.78. The Hall–Kier alpha value is -1.26. The first-order valence-corrected chi connectivity index (χ1v) is 5.38. The lowest BCUT2D eigenvalue weighted by Gasteiger charge is -2.17. The molecule has 0 aliphatic heterocycles. The van der Waals surface area contributed by atoms with Crippen molar-refractivity contribution in [1.29, 1.82) is 0 Å². The summed E-state index contributed by atoms with van der Waals surface area (Å²) in [6.07, 6.45) is -0.692. The molecule has 17 heavy (non-hydrogen) atoms. The van der Waals surface area contributed by atoms with Gasteiger partial charge in [-0.1, -0.05) is 17.7 Å². The van der Waals surface area contributed by atoms with Crippen LogP contribution in [0.3, 0.4) is 0 Å². The minimum Gasteiger partial charge on any atom is -0.493 e. The molecule has 0 spiro atoms. The number of rotatable bonds is 5. The molecule has 1 aromatic carbocycles. The molecule has 0 radical (unpaired) electrons. The van der Waals surface area contributed by atoms with Gasteiger partial charge in [0.25, 0.3) is 0 Å². The molecule has 0 saturated heterocycles. The molecule has 0 saturated carbocycles. The molecule has 0 heterocycles. The van der Waals surface area contributed by atoms with Crippen LogP contribution in [0.2, 0.25) is 5.02 Å². The lowest BCUT2D eigenvalue weighted by molar-refractivity contribution is -0.126. The van der Waals surface area contributed by atoms with Crippen molar-refractivity contribution in [2.24, 2.45) is 0 Å². The monoisotopic (exact) mass is 258 g/mol. The summed E-state index contributed by atoms with van der Waals surface area (Å²) in [5.41, 5.74) is 0.569. The van der Waals surface area contributed by atoms with Crippen molar-refractivity contribution in [1.82, 2.24) is 0 Å². The second kappa shape index (κ2) is 5.89. The Balaban J connectivity index is 3.31. The fourth-order valence-corrected chi connectivity index (χ4v) is 1.95. The highest BCUT2D eigenvalue weighted by molar-refractivity contribution is 6.33. The van der Waals surface area contributed by atoms with Crippen LogP contribution in [0.1, 0.15) is 18.6 Å². The summed E-state index contributed by atoms with van der Waals surface area (Å²) in [7, 11) is 4.47. The number of halogens is 1. The number of carbonyl (C=O) groups is 1. The fourth-order valence-electron chi connectivity index (χ4n) is 1.62. The van der Waals surface area contributed by atoms with Gasteiger partial charge in [0.05, 0.1) is 19.2 Å². The van der Waals surface area contributed by atoms with Crippen LogP contribution >= 0.6 is 11.6 Å². The zero-order chi connectivity index (χ0) is 13.0. The summed E-state index contributed by atoms with van der Waals surface area (Å²) in [5.74, 6) is 0.788. The first-order chi connectivity index (χ1) is 8.06. The van der Waals surface area contributed by atoms with E-state index in [0.717, 1.165) is 0 Å². The third-order valence-corrected chi connectivity index (χ3v) is 2.79. The van der Waals surface area contributed by atoms with Crippen LogP contribution in [0.4, 0.5) is 0 Å². The van der Waals surface area contributed by atoms with Crippen LogP contribution < -0.4 is 9.47 Å². The van der Waals surface area contributed by atoms with Crippen molar-refractivity contribution in [2.45, 2.75) is 13.0 Å². The molecule has 5 heteroatoms. The average molecular weight is 259 g/mol. The van der Waals surface area contributed by atoms with E-state index in [9.17, 15) is 4.79 Å². The Morgan fingerprint density at radius 2 is 1.88 bits per heavy atom. The Morgan fingerprint density at radius 3 is 2.29 bits per heavy atom. The standard InChI is InChI=1S/C12H15ClO4/c1-7(14)11(16-3)8-5-6-9(15-2)12(17-4)10(8)13/h5-6,11H,1-4H3. The van der Waals surface area contributed by atoms with Gasteiger partial charge in [0.2, 0.25) is 0 Å². The van der Waals surface area contributed by atoms with Gasteiger partial charge < -0.3 is 14.2 Å². The van der Waals surface area contributed by atoms with Crippen LogP contribution in [0.25, 0.3) is 0 Å². The van der Waals surface area contributed by atoms with Crippen LogP contribution in [-0.2, 0) is 9.53 Å². The van der Waals surface area contributed by atoms with Crippen LogP contribution in [0.5, 0.6) is 11.5 Å². The Bertz CT molecular complexity index is 417. The van der Waals surface area contributed by atoms with Gasteiger partial charge in [0.1, 0.15) is 6.10 Å². The average Bonchev–Trinajstić information content (AvgIpc) is 2.31. The molecule has 0 aliphatic rings. The smallest absolute Gasteiger partial charge is 0.179 e. The second-order valence-electron chi connectivity index (χ2n) is 3.43. The molecule has 0 aliphatic carbocycles. The summed E-state index contributed by atoms with van der Waals surface area (Å²) < 4.78 is 15.4. The molecule has 4 nitrogen and oxygen atoms in total. The maximum absolute atomic E-state index is 11.4. The van der Waals surface area contributed by atoms with Gasteiger partial charge in [0, 0.05) is 12.7 Å². The van der Waals surface area contributed by atoms with E-state index in [4.69, 9.17) is 25.8 Å². The van der Waals surface area contributed by atoms with Gasteiger partial charge in [-0.3, -0.25) is 4.79 Å². The maximum Gasteiger partial charge on any atom is 0.179 e. The lowest BCUT2D eigenvalue weighted by Crippen LogP contribution is -2.12. The van der Waals surface area contributed by atoms with E-state index in [-0.39, 0.29) is 5.78 Å².